The van der Waals surface area contributed by atoms with Crippen molar-refractivity contribution in [2.45, 2.75) is 58.5 Å². The Labute approximate surface area is 243 Å². The normalized spacial score (nSPS) is 12.2. The van der Waals surface area contributed by atoms with Crippen molar-refractivity contribution in [3.05, 3.63) is 94.5 Å². The summed E-state index contributed by atoms with van der Waals surface area (Å²) in [5, 5.41) is 3.49. The molecule has 214 valence electrons. The van der Waals surface area contributed by atoms with E-state index in [1.807, 2.05) is 46.8 Å². The van der Waals surface area contributed by atoms with Crippen molar-refractivity contribution in [2.75, 3.05) is 17.4 Å². The number of hydrogen-bond acceptors (Lipinski definition) is 4. The summed E-state index contributed by atoms with van der Waals surface area (Å²) in [5.74, 6) is -0.526. The largest absolute Gasteiger partial charge is 0.354 e. The van der Waals surface area contributed by atoms with Crippen molar-refractivity contribution in [1.82, 2.24) is 10.2 Å². The number of amides is 2. The first-order chi connectivity index (χ1) is 18.9. The zero-order chi connectivity index (χ0) is 29.4. The van der Waals surface area contributed by atoms with Gasteiger partial charge in [0, 0.05) is 18.1 Å². The van der Waals surface area contributed by atoms with Crippen LogP contribution in [0.2, 0.25) is 5.02 Å². The van der Waals surface area contributed by atoms with Crippen LogP contribution >= 0.6 is 11.6 Å². The molecule has 0 bridgehead atoms. The maximum atomic E-state index is 14.1. The van der Waals surface area contributed by atoms with Crippen LogP contribution in [-0.2, 0) is 26.2 Å². The van der Waals surface area contributed by atoms with Crippen LogP contribution in [-0.4, -0.2) is 44.3 Å². The monoisotopic (exact) mass is 583 g/mol. The number of nitrogens with one attached hydrogen (secondary N) is 1. The minimum absolute atomic E-state index is 0.0784. The maximum Gasteiger partial charge on any atom is 0.264 e. The van der Waals surface area contributed by atoms with Crippen LogP contribution in [0.25, 0.3) is 0 Å². The lowest BCUT2D eigenvalue weighted by Gasteiger charge is -2.33. The Hall–Kier alpha value is -3.36. The summed E-state index contributed by atoms with van der Waals surface area (Å²) in [5.41, 5.74) is 2.76. The van der Waals surface area contributed by atoms with Gasteiger partial charge in [-0.1, -0.05) is 74.8 Å². The number of nitrogens with zero attached hydrogens (tertiary/aromatic N) is 2. The molecule has 0 spiro atoms. The number of benzene rings is 3. The molecule has 0 heterocycles. The highest BCUT2D eigenvalue weighted by atomic mass is 35.5. The van der Waals surface area contributed by atoms with Crippen LogP contribution in [0, 0.1) is 19.8 Å². The third-order valence-corrected chi connectivity index (χ3v) is 8.61. The number of halogens is 1. The van der Waals surface area contributed by atoms with E-state index < -0.39 is 28.5 Å². The minimum Gasteiger partial charge on any atom is -0.354 e. The summed E-state index contributed by atoms with van der Waals surface area (Å²) in [6.45, 7) is 9.63. The molecule has 0 aliphatic rings. The van der Waals surface area contributed by atoms with Gasteiger partial charge in [-0.05, 0) is 73.2 Å². The molecule has 2 amide bonds. The van der Waals surface area contributed by atoms with Crippen molar-refractivity contribution in [3.63, 3.8) is 0 Å². The van der Waals surface area contributed by atoms with Gasteiger partial charge in [0.25, 0.3) is 10.0 Å². The molecule has 0 radical (unpaired) electrons. The minimum atomic E-state index is -4.11. The van der Waals surface area contributed by atoms with Gasteiger partial charge < -0.3 is 10.2 Å². The van der Waals surface area contributed by atoms with Crippen LogP contribution in [0.4, 0.5) is 5.69 Å². The number of carbonyl (C=O) groups excluding carboxylic acids is 2. The lowest BCUT2D eigenvalue weighted by atomic mass is 10.1. The molecule has 0 aliphatic carbocycles. The number of hydrogen-bond donors (Lipinski definition) is 1. The van der Waals surface area contributed by atoms with E-state index in [4.69, 9.17) is 11.6 Å². The molecule has 7 nitrogen and oxygen atoms in total. The average molecular weight is 584 g/mol. The third-order valence-electron chi connectivity index (χ3n) is 6.58. The van der Waals surface area contributed by atoms with Crippen LogP contribution in [0.15, 0.2) is 77.7 Å². The molecule has 9 heteroatoms. The van der Waals surface area contributed by atoms with Gasteiger partial charge in [0.2, 0.25) is 11.8 Å². The van der Waals surface area contributed by atoms with Gasteiger partial charge in [-0.2, -0.15) is 0 Å². The SMILES string of the molecule is CC[C@H](C(=O)NCC(C)C)N(Cc1ccc(Cl)cc1)C(=O)CN(c1cc(C)ccc1C)S(=O)(=O)c1ccccc1. The van der Waals surface area contributed by atoms with Crippen LogP contribution in [0.1, 0.15) is 43.9 Å². The van der Waals surface area contributed by atoms with Crippen molar-refractivity contribution >= 4 is 39.1 Å². The fourth-order valence-corrected chi connectivity index (χ4v) is 5.97. The van der Waals surface area contributed by atoms with Gasteiger partial charge in [0.05, 0.1) is 10.6 Å². The first kappa shape index (κ1) is 31.2. The Kier molecular flexibility index (Phi) is 10.8. The van der Waals surface area contributed by atoms with E-state index in [0.29, 0.717) is 29.2 Å². The molecule has 0 aliphatic heterocycles. The van der Waals surface area contributed by atoms with E-state index in [1.54, 1.807) is 48.5 Å². The van der Waals surface area contributed by atoms with Gasteiger partial charge in [0.1, 0.15) is 12.6 Å². The zero-order valence-corrected chi connectivity index (χ0v) is 25.3. The molecule has 0 fully saturated rings. The lowest BCUT2D eigenvalue weighted by molar-refractivity contribution is -0.140. The molecule has 1 N–H and O–H groups in total. The Bertz CT molecular complexity index is 1410. The van der Waals surface area contributed by atoms with E-state index in [2.05, 4.69) is 5.32 Å². The fourth-order valence-electron chi connectivity index (χ4n) is 4.35. The highest BCUT2D eigenvalue weighted by Crippen LogP contribution is 2.28. The number of carbonyl (C=O) groups is 2. The van der Waals surface area contributed by atoms with Crippen molar-refractivity contribution in [1.29, 1.82) is 0 Å². The van der Waals surface area contributed by atoms with Crippen LogP contribution < -0.4 is 9.62 Å². The Morgan fingerprint density at radius 3 is 2.20 bits per heavy atom. The van der Waals surface area contributed by atoms with E-state index in [1.165, 1.54) is 17.0 Å². The quantitative estimate of drug-likeness (QED) is 0.295. The number of sulfonamides is 1. The highest BCUT2D eigenvalue weighted by Gasteiger charge is 2.34. The van der Waals surface area contributed by atoms with Gasteiger partial charge in [-0.15, -0.1) is 0 Å². The van der Waals surface area contributed by atoms with Crippen molar-refractivity contribution < 1.29 is 18.0 Å². The van der Waals surface area contributed by atoms with E-state index in [9.17, 15) is 18.0 Å². The molecule has 0 saturated carbocycles. The first-order valence-corrected chi connectivity index (χ1v) is 15.2. The standard InChI is InChI=1S/C31H38ClN3O4S/c1-6-28(31(37)33-19-22(2)3)34(20-25-14-16-26(32)17-15-25)30(36)21-35(29-18-23(4)12-13-24(29)5)40(38,39)27-10-8-7-9-11-27/h7-18,22,28H,6,19-21H2,1-5H3,(H,33,37)/t28-/m1/s1. The summed E-state index contributed by atoms with van der Waals surface area (Å²) in [4.78, 5) is 29.0. The second kappa shape index (κ2) is 13.8. The van der Waals surface area contributed by atoms with Gasteiger partial charge in [-0.25, -0.2) is 8.42 Å². The second-order valence-electron chi connectivity index (χ2n) is 10.3. The lowest BCUT2D eigenvalue weighted by Crippen LogP contribution is -2.52. The van der Waals surface area contributed by atoms with Gasteiger partial charge in [0.15, 0.2) is 0 Å². The zero-order valence-electron chi connectivity index (χ0n) is 23.7. The van der Waals surface area contributed by atoms with Gasteiger partial charge >= 0.3 is 0 Å². The fraction of sp³-hybridized carbons (Fsp3) is 0.355. The first-order valence-electron chi connectivity index (χ1n) is 13.4. The molecule has 3 rings (SSSR count). The molecular formula is C31H38ClN3O4S. The predicted octanol–water partition coefficient (Wildman–Crippen LogP) is 5.73. The summed E-state index contributed by atoms with van der Waals surface area (Å²) in [7, 11) is -4.11. The van der Waals surface area contributed by atoms with Crippen molar-refractivity contribution in [2.24, 2.45) is 5.92 Å². The molecule has 3 aromatic rings. The summed E-state index contributed by atoms with van der Waals surface area (Å²) in [6.07, 6.45) is 0.359. The molecular weight excluding hydrogens is 546 g/mol. The van der Waals surface area contributed by atoms with Crippen LogP contribution in [0.5, 0.6) is 0 Å². The number of rotatable bonds is 12. The molecule has 40 heavy (non-hydrogen) atoms. The summed E-state index contributed by atoms with van der Waals surface area (Å²) >= 11 is 6.08. The summed E-state index contributed by atoms with van der Waals surface area (Å²) < 4.78 is 29.1. The molecule has 1 atom stereocenters. The van der Waals surface area contributed by atoms with E-state index in [-0.39, 0.29) is 23.3 Å². The molecule has 0 unspecified atom stereocenters. The van der Waals surface area contributed by atoms with Crippen molar-refractivity contribution in [3.8, 4) is 0 Å². The predicted molar refractivity (Wildman–Crippen MR) is 161 cm³/mol. The smallest absolute Gasteiger partial charge is 0.264 e. The van der Waals surface area contributed by atoms with Gasteiger partial charge in [-0.3, -0.25) is 13.9 Å². The molecule has 0 saturated heterocycles. The van der Waals surface area contributed by atoms with E-state index >= 15 is 0 Å². The maximum absolute atomic E-state index is 14.1. The Morgan fingerprint density at radius 1 is 0.950 bits per heavy atom. The molecule has 0 aromatic heterocycles. The Morgan fingerprint density at radius 2 is 1.60 bits per heavy atom. The third kappa shape index (κ3) is 7.86. The second-order valence-corrected chi connectivity index (χ2v) is 12.6. The van der Waals surface area contributed by atoms with E-state index in [0.717, 1.165) is 15.4 Å². The topological polar surface area (TPSA) is 86.8 Å². The number of aryl methyl sites for hydroxylation is 2. The average Bonchev–Trinajstić information content (AvgIpc) is 2.93. The number of anilines is 1. The van der Waals surface area contributed by atoms with Crippen LogP contribution in [0.3, 0.4) is 0 Å². The Balaban J connectivity index is 2.07. The highest BCUT2D eigenvalue weighted by molar-refractivity contribution is 7.92. The summed E-state index contributed by atoms with van der Waals surface area (Å²) in [6, 6.07) is 19.8. The molecule has 3 aromatic carbocycles.